The average molecular weight is 766 g/mol. The Hall–Kier alpha value is 0.640. The molecule has 0 fully saturated rings. The maximum Gasteiger partial charge on any atom is 0.697 e. The summed E-state index contributed by atoms with van der Waals surface area (Å²) in [7, 11) is 1.43. The molecule has 2 unspecified atom stereocenters. The number of thioether (sulfide) groups is 2. The predicted octanol–water partition coefficient (Wildman–Crippen LogP) is 14.9. The molecule has 0 heterocycles. The third-order valence-corrected chi connectivity index (χ3v) is 13.0. The van der Waals surface area contributed by atoms with E-state index in [0.717, 1.165) is 24.3 Å². The Morgan fingerprint density at radius 3 is 0.940 bits per heavy atom. The zero-order valence-corrected chi connectivity index (χ0v) is 36.4. The van der Waals surface area contributed by atoms with Crippen molar-refractivity contribution in [2.75, 3.05) is 50.4 Å². The molecular weight excluding hydrogens is 680 g/mol. The van der Waals surface area contributed by atoms with Crippen LogP contribution in [-0.2, 0) is 23.1 Å². The van der Waals surface area contributed by atoms with Gasteiger partial charge in [0.25, 0.3) is 0 Å². The minimum atomic E-state index is -2.10. The fourth-order valence-corrected chi connectivity index (χ4v) is 9.18. The van der Waals surface area contributed by atoms with Gasteiger partial charge in [-0.3, -0.25) is 0 Å². The van der Waals surface area contributed by atoms with Crippen LogP contribution in [0, 0.1) is 0 Å². The molecule has 0 amide bonds. The van der Waals surface area contributed by atoms with Gasteiger partial charge in [-0.2, -0.15) is 23.5 Å². The fourth-order valence-electron chi connectivity index (χ4n) is 6.32. The number of ether oxygens (including phenoxy) is 2. The van der Waals surface area contributed by atoms with E-state index in [9.17, 15) is 4.57 Å². The molecule has 300 valence electrons. The molecule has 0 aliphatic rings. The summed E-state index contributed by atoms with van der Waals surface area (Å²) in [4.78, 5) is 0. The van der Waals surface area contributed by atoms with Crippen molar-refractivity contribution in [1.82, 2.24) is 0 Å². The lowest BCUT2D eigenvalue weighted by molar-refractivity contribution is 0.0882. The lowest BCUT2D eigenvalue weighted by Gasteiger charge is -2.13. The first-order valence-corrected chi connectivity index (χ1v) is 25.0. The quantitative estimate of drug-likeness (QED) is 0.0452. The summed E-state index contributed by atoms with van der Waals surface area (Å²) >= 11 is 3.93. The second-order valence-corrected chi connectivity index (χ2v) is 17.8. The number of hydrogen-bond donors (Lipinski definition) is 0. The van der Waals surface area contributed by atoms with Crippen LogP contribution in [-0.4, -0.2) is 62.7 Å². The van der Waals surface area contributed by atoms with E-state index >= 15 is 0 Å². The lowest BCUT2D eigenvalue weighted by Crippen LogP contribution is -2.17. The number of methoxy groups -OCH3 is 2. The van der Waals surface area contributed by atoms with Crippen LogP contribution < -0.4 is 0 Å². The SMILES string of the molecule is CCCCCCCCCCCCCCCCSCC(CCO[P+](=O)OCCC(CSCCCCCCCCCCCCCCCC)OC)OC. The van der Waals surface area contributed by atoms with Gasteiger partial charge in [0.2, 0.25) is 0 Å². The molecule has 0 aromatic heterocycles. The normalized spacial score (nSPS) is 13.2. The summed E-state index contributed by atoms with van der Waals surface area (Å²) in [5, 5.41) is 0. The van der Waals surface area contributed by atoms with Crippen molar-refractivity contribution in [3.05, 3.63) is 0 Å². The van der Waals surface area contributed by atoms with Gasteiger partial charge in [-0.25, -0.2) is 0 Å². The molecule has 5 nitrogen and oxygen atoms in total. The summed E-state index contributed by atoms with van der Waals surface area (Å²) in [5.41, 5.74) is 0. The molecule has 0 aliphatic heterocycles. The molecule has 0 rings (SSSR count). The van der Waals surface area contributed by atoms with Gasteiger partial charge in [-0.15, -0.1) is 9.05 Å². The molecule has 0 aliphatic carbocycles. The maximum absolute atomic E-state index is 12.2. The Kier molecular flexibility index (Phi) is 44.6. The van der Waals surface area contributed by atoms with Crippen molar-refractivity contribution in [2.24, 2.45) is 0 Å². The van der Waals surface area contributed by atoms with Gasteiger partial charge in [0, 0.05) is 43.1 Å². The second kappa shape index (κ2) is 44.0. The predicted molar refractivity (Wildman–Crippen MR) is 226 cm³/mol. The van der Waals surface area contributed by atoms with E-state index in [1.54, 1.807) is 14.2 Å². The average Bonchev–Trinajstić information content (AvgIpc) is 3.12. The molecule has 50 heavy (non-hydrogen) atoms. The monoisotopic (exact) mass is 766 g/mol. The van der Waals surface area contributed by atoms with Crippen molar-refractivity contribution in [2.45, 2.75) is 219 Å². The van der Waals surface area contributed by atoms with Gasteiger partial charge in [-0.1, -0.05) is 181 Å². The van der Waals surface area contributed by atoms with Gasteiger partial charge < -0.3 is 9.47 Å². The molecule has 0 N–H and O–H groups in total. The number of unbranched alkanes of at least 4 members (excludes halogenated alkanes) is 26. The van der Waals surface area contributed by atoms with E-state index in [2.05, 4.69) is 13.8 Å². The summed E-state index contributed by atoms with van der Waals surface area (Å²) in [6.45, 7) is 5.38. The van der Waals surface area contributed by atoms with Crippen LogP contribution >= 0.6 is 31.8 Å². The Morgan fingerprint density at radius 1 is 0.420 bits per heavy atom. The van der Waals surface area contributed by atoms with Crippen LogP contribution in [0.25, 0.3) is 0 Å². The topological polar surface area (TPSA) is 54.0 Å². The van der Waals surface area contributed by atoms with E-state index in [1.807, 2.05) is 23.5 Å². The molecular formula is C42H86O5PS2+. The van der Waals surface area contributed by atoms with Crippen LogP contribution in [0.15, 0.2) is 0 Å². The highest BCUT2D eigenvalue weighted by Gasteiger charge is 2.22. The maximum atomic E-state index is 12.2. The van der Waals surface area contributed by atoms with E-state index in [0.29, 0.717) is 13.2 Å². The summed E-state index contributed by atoms with van der Waals surface area (Å²) in [6.07, 6.45) is 40.9. The van der Waals surface area contributed by atoms with Crippen LogP contribution in [0.2, 0.25) is 0 Å². The lowest BCUT2D eigenvalue weighted by atomic mass is 10.0. The van der Waals surface area contributed by atoms with Crippen LogP contribution in [0.3, 0.4) is 0 Å². The smallest absolute Gasteiger partial charge is 0.381 e. The van der Waals surface area contributed by atoms with Crippen molar-refractivity contribution in [3.63, 3.8) is 0 Å². The third kappa shape index (κ3) is 39.8. The fraction of sp³-hybridized carbons (Fsp3) is 1.00. The van der Waals surface area contributed by atoms with Crippen LogP contribution in [0.4, 0.5) is 0 Å². The zero-order valence-electron chi connectivity index (χ0n) is 33.9. The van der Waals surface area contributed by atoms with Gasteiger partial charge in [0.05, 0.1) is 12.2 Å². The number of hydrogen-bond acceptors (Lipinski definition) is 7. The molecule has 0 aromatic rings. The van der Waals surface area contributed by atoms with Crippen molar-refractivity contribution in [3.8, 4) is 0 Å². The largest absolute Gasteiger partial charge is 0.697 e. The van der Waals surface area contributed by atoms with Gasteiger partial charge >= 0.3 is 8.25 Å². The summed E-state index contributed by atoms with van der Waals surface area (Å²) in [6, 6.07) is 0. The summed E-state index contributed by atoms with van der Waals surface area (Å²) in [5.74, 6) is 4.30. The van der Waals surface area contributed by atoms with Gasteiger partial charge in [0.15, 0.2) is 0 Å². The molecule has 0 spiro atoms. The first-order valence-electron chi connectivity index (χ1n) is 21.6. The highest BCUT2D eigenvalue weighted by molar-refractivity contribution is 7.99. The standard InChI is InChI=1S/C42H86O5PS2/c1-5-7-9-11-13-15-17-19-21-23-25-27-29-31-37-49-39-41(44-3)33-35-46-48(43)47-36-34-42(45-4)40-50-38-32-30-28-26-24-22-20-18-16-14-12-10-8-6-2/h41-42H,5-40H2,1-4H3/q+1. The van der Waals surface area contributed by atoms with Crippen molar-refractivity contribution < 1.29 is 23.1 Å². The molecule has 0 bridgehead atoms. The van der Waals surface area contributed by atoms with Gasteiger partial charge in [0.1, 0.15) is 13.2 Å². The van der Waals surface area contributed by atoms with E-state index in [4.69, 9.17) is 18.5 Å². The Morgan fingerprint density at radius 2 is 0.680 bits per heavy atom. The minimum absolute atomic E-state index is 0.129. The summed E-state index contributed by atoms with van der Waals surface area (Å²) < 4.78 is 34.4. The van der Waals surface area contributed by atoms with E-state index in [-0.39, 0.29) is 12.2 Å². The highest BCUT2D eigenvalue weighted by atomic mass is 32.2. The molecule has 0 saturated heterocycles. The zero-order chi connectivity index (χ0) is 36.4. The molecule has 2 atom stereocenters. The second-order valence-electron chi connectivity index (χ2n) is 14.5. The molecule has 8 heteroatoms. The Labute approximate surface area is 322 Å². The van der Waals surface area contributed by atoms with E-state index < -0.39 is 8.25 Å². The molecule has 0 radical (unpaired) electrons. The Balaban J connectivity index is 3.53. The minimum Gasteiger partial charge on any atom is -0.381 e. The van der Waals surface area contributed by atoms with Crippen molar-refractivity contribution in [1.29, 1.82) is 0 Å². The van der Waals surface area contributed by atoms with E-state index in [1.165, 1.54) is 191 Å². The number of rotatable bonds is 44. The van der Waals surface area contributed by atoms with Gasteiger partial charge in [-0.05, 0) is 24.3 Å². The first-order chi connectivity index (χ1) is 24.7. The first kappa shape index (κ1) is 50.6. The molecule has 0 aromatic carbocycles. The highest BCUT2D eigenvalue weighted by Crippen LogP contribution is 2.26. The third-order valence-electron chi connectivity index (χ3n) is 9.83. The van der Waals surface area contributed by atoms with Crippen LogP contribution in [0.5, 0.6) is 0 Å². The van der Waals surface area contributed by atoms with Crippen LogP contribution in [0.1, 0.15) is 206 Å². The van der Waals surface area contributed by atoms with Crippen molar-refractivity contribution >= 4 is 31.8 Å². The molecule has 0 saturated carbocycles. The Bertz CT molecular complexity index is 608.